The van der Waals surface area contributed by atoms with E-state index in [1.807, 2.05) is 7.05 Å². The summed E-state index contributed by atoms with van der Waals surface area (Å²) in [5.41, 5.74) is 0.903. The van der Waals surface area contributed by atoms with Crippen molar-refractivity contribution in [3.05, 3.63) is 54.3 Å². The highest BCUT2D eigenvalue weighted by Crippen LogP contribution is 2.37. The maximum absolute atomic E-state index is 13.4. The van der Waals surface area contributed by atoms with Crippen molar-refractivity contribution < 1.29 is 4.39 Å². The molecule has 2 aromatic rings. The summed E-state index contributed by atoms with van der Waals surface area (Å²) in [4.78, 5) is 2.38. The Morgan fingerprint density at radius 2 is 1.94 bits per heavy atom. The van der Waals surface area contributed by atoms with Crippen molar-refractivity contribution >= 4 is 43.2 Å². The first-order valence-corrected chi connectivity index (χ1v) is 7.81. The molecule has 5 heteroatoms. The lowest BCUT2D eigenvalue weighted by Gasteiger charge is -2.17. The molecule has 0 aliphatic heterocycles. The fourth-order valence-corrected chi connectivity index (χ4v) is 4.35. The lowest BCUT2D eigenvalue weighted by Crippen LogP contribution is -2.17. The number of aryl methyl sites for hydroxylation is 1. The van der Waals surface area contributed by atoms with E-state index >= 15 is 0 Å². The van der Waals surface area contributed by atoms with E-state index < -0.39 is 0 Å². The molecule has 2 rings (SSSR count). The molecule has 0 aliphatic rings. The lowest BCUT2D eigenvalue weighted by atomic mass is 10.1. The molecule has 1 aromatic carbocycles. The van der Waals surface area contributed by atoms with Gasteiger partial charge in [-0.05, 0) is 59.7 Å². The number of thiophene rings is 1. The van der Waals surface area contributed by atoms with E-state index in [0.717, 1.165) is 19.4 Å². The van der Waals surface area contributed by atoms with E-state index in [9.17, 15) is 4.39 Å². The van der Waals surface area contributed by atoms with Crippen molar-refractivity contribution in [1.82, 2.24) is 5.32 Å². The second kappa shape index (κ2) is 5.82. The first-order chi connectivity index (χ1) is 8.52. The van der Waals surface area contributed by atoms with Gasteiger partial charge in [-0.1, -0.05) is 15.9 Å². The van der Waals surface area contributed by atoms with Gasteiger partial charge in [-0.2, -0.15) is 0 Å². The Labute approximate surface area is 127 Å². The van der Waals surface area contributed by atoms with Gasteiger partial charge in [0.05, 0.1) is 6.04 Å². The molecule has 0 spiro atoms. The summed E-state index contributed by atoms with van der Waals surface area (Å²) >= 11 is 8.75. The van der Waals surface area contributed by atoms with E-state index in [1.165, 1.54) is 10.9 Å². The third kappa shape index (κ3) is 2.85. The van der Waals surface area contributed by atoms with Gasteiger partial charge < -0.3 is 5.32 Å². The number of nitrogens with one attached hydrogen (secondary N) is 1. The smallest absolute Gasteiger partial charge is 0.123 e. The predicted molar refractivity (Wildman–Crippen MR) is 81.8 cm³/mol. The van der Waals surface area contributed by atoms with Gasteiger partial charge in [-0.25, -0.2) is 4.39 Å². The molecule has 0 radical (unpaired) electrons. The summed E-state index contributed by atoms with van der Waals surface area (Å²) in [7, 11) is 1.88. The van der Waals surface area contributed by atoms with Crippen molar-refractivity contribution in [2.45, 2.75) is 13.0 Å². The summed E-state index contributed by atoms with van der Waals surface area (Å²) in [5.74, 6) is -0.224. The van der Waals surface area contributed by atoms with Crippen molar-refractivity contribution in [2.75, 3.05) is 7.05 Å². The summed E-state index contributed by atoms with van der Waals surface area (Å²) in [6.45, 7) is 2.06. The maximum atomic E-state index is 13.4. The maximum Gasteiger partial charge on any atom is 0.123 e. The summed E-state index contributed by atoms with van der Waals surface area (Å²) in [5, 5.41) is 3.24. The number of benzene rings is 1. The highest BCUT2D eigenvalue weighted by atomic mass is 79.9. The molecular weight excluding hydrogens is 381 g/mol. The quantitative estimate of drug-likeness (QED) is 0.772. The average molecular weight is 393 g/mol. The molecule has 1 unspecified atom stereocenters. The normalized spacial score (nSPS) is 12.7. The lowest BCUT2D eigenvalue weighted by molar-refractivity contribution is 0.616. The largest absolute Gasteiger partial charge is 0.309 e. The third-order valence-corrected chi connectivity index (χ3v) is 5.41. The molecule has 1 heterocycles. The molecular formula is C13H12Br2FNS. The molecule has 0 amide bonds. The Kier molecular flexibility index (Phi) is 4.59. The third-order valence-electron chi connectivity index (χ3n) is 2.66. The highest BCUT2D eigenvalue weighted by Gasteiger charge is 2.20. The summed E-state index contributed by atoms with van der Waals surface area (Å²) in [6, 6.07) is 6.81. The van der Waals surface area contributed by atoms with Crippen LogP contribution in [0.1, 0.15) is 21.4 Å². The second-order valence-electron chi connectivity index (χ2n) is 3.96. The average Bonchev–Trinajstić information content (AvgIpc) is 2.64. The van der Waals surface area contributed by atoms with Crippen LogP contribution in [0.2, 0.25) is 0 Å². The van der Waals surface area contributed by atoms with Crippen LogP contribution in [0.5, 0.6) is 0 Å². The van der Waals surface area contributed by atoms with Gasteiger partial charge in [0.25, 0.3) is 0 Å². The predicted octanol–water partition coefficient (Wildman–Crippen LogP) is 5.03. The van der Waals surface area contributed by atoms with Crippen molar-refractivity contribution in [2.24, 2.45) is 0 Å². The van der Waals surface area contributed by atoms with Crippen LogP contribution in [0.15, 0.2) is 33.2 Å². The topological polar surface area (TPSA) is 12.0 Å². The Morgan fingerprint density at radius 1 is 1.22 bits per heavy atom. The zero-order valence-corrected chi connectivity index (χ0v) is 13.9. The van der Waals surface area contributed by atoms with Gasteiger partial charge in [0.15, 0.2) is 0 Å². The van der Waals surface area contributed by atoms with Crippen LogP contribution in [0.3, 0.4) is 0 Å². The molecule has 1 nitrogen and oxygen atoms in total. The Bertz CT molecular complexity index is 568. The van der Waals surface area contributed by atoms with Crippen molar-refractivity contribution in [1.29, 1.82) is 0 Å². The first-order valence-electron chi connectivity index (χ1n) is 5.41. The number of hydrogen-bond acceptors (Lipinski definition) is 2. The van der Waals surface area contributed by atoms with Crippen LogP contribution in [0.25, 0.3) is 0 Å². The van der Waals surface area contributed by atoms with Crippen LogP contribution >= 0.6 is 43.2 Å². The standard InChI is InChI=1S/C13H12Br2FNS/c1-7-5-11(15)13(18-7)12(17-2)9-6-8(16)3-4-10(9)14/h3-6,12,17H,1-2H3. The van der Waals surface area contributed by atoms with E-state index in [2.05, 4.69) is 50.2 Å². The van der Waals surface area contributed by atoms with E-state index in [4.69, 9.17) is 0 Å². The molecule has 1 aromatic heterocycles. The number of halogens is 3. The van der Waals surface area contributed by atoms with Crippen molar-refractivity contribution in [3.63, 3.8) is 0 Å². The van der Waals surface area contributed by atoms with Gasteiger partial charge in [0.1, 0.15) is 5.82 Å². The first kappa shape index (κ1) is 14.2. The van der Waals surface area contributed by atoms with E-state index in [-0.39, 0.29) is 11.9 Å². The van der Waals surface area contributed by atoms with Gasteiger partial charge in [-0.15, -0.1) is 11.3 Å². The second-order valence-corrected chi connectivity index (χ2v) is 6.95. The number of hydrogen-bond donors (Lipinski definition) is 1. The van der Waals surface area contributed by atoms with Crippen LogP contribution in [0.4, 0.5) is 4.39 Å². The molecule has 18 heavy (non-hydrogen) atoms. The molecule has 0 aliphatic carbocycles. The Morgan fingerprint density at radius 3 is 2.50 bits per heavy atom. The summed E-state index contributed by atoms with van der Waals surface area (Å²) < 4.78 is 15.4. The Balaban J connectivity index is 2.51. The fourth-order valence-electron chi connectivity index (χ4n) is 1.86. The van der Waals surface area contributed by atoms with Crippen LogP contribution in [0, 0.1) is 12.7 Å². The highest BCUT2D eigenvalue weighted by molar-refractivity contribution is 9.10. The zero-order valence-electron chi connectivity index (χ0n) is 9.93. The van der Waals surface area contributed by atoms with Gasteiger partial charge in [0.2, 0.25) is 0 Å². The molecule has 0 saturated heterocycles. The molecule has 96 valence electrons. The van der Waals surface area contributed by atoms with Gasteiger partial charge >= 0.3 is 0 Å². The van der Waals surface area contributed by atoms with Crippen molar-refractivity contribution in [3.8, 4) is 0 Å². The minimum absolute atomic E-state index is 0.0249. The molecule has 0 fully saturated rings. The van der Waals surface area contributed by atoms with Crippen LogP contribution < -0.4 is 5.32 Å². The van der Waals surface area contributed by atoms with E-state index in [0.29, 0.717) is 0 Å². The molecule has 1 N–H and O–H groups in total. The van der Waals surface area contributed by atoms with Crippen LogP contribution in [-0.4, -0.2) is 7.05 Å². The van der Waals surface area contributed by atoms with Gasteiger partial charge in [-0.3, -0.25) is 0 Å². The minimum Gasteiger partial charge on any atom is -0.309 e. The fraction of sp³-hybridized carbons (Fsp3) is 0.231. The SMILES string of the molecule is CNC(c1cc(F)ccc1Br)c1sc(C)cc1Br. The van der Waals surface area contributed by atoms with Crippen LogP contribution in [-0.2, 0) is 0 Å². The minimum atomic E-state index is -0.224. The molecule has 0 saturated carbocycles. The van der Waals surface area contributed by atoms with E-state index in [1.54, 1.807) is 23.5 Å². The summed E-state index contributed by atoms with van der Waals surface area (Å²) in [6.07, 6.45) is 0. The molecule has 1 atom stereocenters. The monoisotopic (exact) mass is 391 g/mol. The number of rotatable bonds is 3. The Hall–Kier alpha value is -0.230. The van der Waals surface area contributed by atoms with Gasteiger partial charge in [0, 0.05) is 18.7 Å². The zero-order chi connectivity index (χ0) is 13.3. The molecule has 0 bridgehead atoms.